The van der Waals surface area contributed by atoms with Gasteiger partial charge in [-0.05, 0) is 36.0 Å². The largest absolute Gasteiger partial charge is 0.508 e. The molecular weight excluding hydrogens is 232 g/mol. The highest BCUT2D eigenvalue weighted by Gasteiger charge is 2.05. The van der Waals surface area contributed by atoms with Gasteiger partial charge >= 0.3 is 0 Å². The van der Waals surface area contributed by atoms with E-state index in [1.807, 2.05) is 6.07 Å². The van der Waals surface area contributed by atoms with Gasteiger partial charge in [0.15, 0.2) is 0 Å². The van der Waals surface area contributed by atoms with Crippen LogP contribution in [0.3, 0.4) is 0 Å². The van der Waals surface area contributed by atoms with Crippen LogP contribution in [-0.4, -0.2) is 5.11 Å². The van der Waals surface area contributed by atoms with E-state index in [1.165, 1.54) is 50.5 Å². The highest BCUT2D eigenvalue weighted by molar-refractivity contribution is 5.37. The SMILES string of the molecule is CCCCCCCCCc1ccc(C(C)C)cc1O. The molecule has 0 fully saturated rings. The van der Waals surface area contributed by atoms with E-state index in [2.05, 4.69) is 32.9 Å². The molecule has 0 radical (unpaired) electrons. The predicted molar refractivity (Wildman–Crippen MR) is 83.9 cm³/mol. The van der Waals surface area contributed by atoms with Gasteiger partial charge < -0.3 is 5.11 Å². The summed E-state index contributed by atoms with van der Waals surface area (Å²) < 4.78 is 0. The van der Waals surface area contributed by atoms with Crippen LogP contribution in [0.4, 0.5) is 0 Å². The number of phenolic OH excluding ortho intramolecular Hbond substituents is 1. The summed E-state index contributed by atoms with van der Waals surface area (Å²) in [7, 11) is 0. The third-order valence-electron chi connectivity index (χ3n) is 3.83. The van der Waals surface area contributed by atoms with Crippen LogP contribution < -0.4 is 0 Å². The first-order valence-corrected chi connectivity index (χ1v) is 7.97. The Kier molecular flexibility index (Phi) is 7.62. The molecular formula is C18H30O. The Morgan fingerprint density at radius 3 is 2.16 bits per heavy atom. The fourth-order valence-corrected chi connectivity index (χ4v) is 2.42. The average Bonchev–Trinajstić information content (AvgIpc) is 2.39. The Morgan fingerprint density at radius 1 is 0.947 bits per heavy atom. The molecule has 1 N–H and O–H groups in total. The third kappa shape index (κ3) is 6.13. The molecule has 1 rings (SSSR count). The smallest absolute Gasteiger partial charge is 0.119 e. The van der Waals surface area contributed by atoms with Crippen molar-refractivity contribution in [1.82, 2.24) is 0 Å². The monoisotopic (exact) mass is 262 g/mol. The minimum atomic E-state index is 0.484. The normalized spacial score (nSPS) is 11.2. The number of aryl methyl sites for hydroxylation is 1. The van der Waals surface area contributed by atoms with Crippen molar-refractivity contribution >= 4 is 0 Å². The first kappa shape index (κ1) is 16.1. The van der Waals surface area contributed by atoms with Crippen molar-refractivity contribution in [3.05, 3.63) is 29.3 Å². The number of unbranched alkanes of at least 4 members (excludes halogenated alkanes) is 6. The molecule has 1 aromatic carbocycles. The molecule has 19 heavy (non-hydrogen) atoms. The molecule has 0 unspecified atom stereocenters. The molecule has 0 aromatic heterocycles. The van der Waals surface area contributed by atoms with Crippen molar-refractivity contribution in [2.24, 2.45) is 0 Å². The Balaban J connectivity index is 2.26. The lowest BCUT2D eigenvalue weighted by molar-refractivity contribution is 0.464. The summed E-state index contributed by atoms with van der Waals surface area (Å²) in [5, 5.41) is 10.0. The Labute approximate surface area is 119 Å². The van der Waals surface area contributed by atoms with E-state index in [4.69, 9.17) is 0 Å². The van der Waals surface area contributed by atoms with Crippen LogP contribution in [0.2, 0.25) is 0 Å². The number of benzene rings is 1. The summed E-state index contributed by atoms with van der Waals surface area (Å²) in [6, 6.07) is 6.18. The van der Waals surface area contributed by atoms with Gasteiger partial charge in [-0.25, -0.2) is 0 Å². The quantitative estimate of drug-likeness (QED) is 0.557. The molecule has 1 nitrogen and oxygen atoms in total. The average molecular weight is 262 g/mol. The first-order valence-electron chi connectivity index (χ1n) is 7.97. The van der Waals surface area contributed by atoms with E-state index in [-0.39, 0.29) is 0 Å². The summed E-state index contributed by atoms with van der Waals surface area (Å²) in [6.45, 7) is 6.57. The zero-order chi connectivity index (χ0) is 14.1. The van der Waals surface area contributed by atoms with Gasteiger partial charge in [0.2, 0.25) is 0 Å². The lowest BCUT2D eigenvalue weighted by Crippen LogP contribution is -1.91. The molecule has 0 atom stereocenters. The second-order valence-corrected chi connectivity index (χ2v) is 5.91. The van der Waals surface area contributed by atoms with E-state index >= 15 is 0 Å². The van der Waals surface area contributed by atoms with Crippen molar-refractivity contribution in [3.63, 3.8) is 0 Å². The Bertz CT molecular complexity index is 355. The van der Waals surface area contributed by atoms with E-state index in [0.717, 1.165) is 12.0 Å². The Morgan fingerprint density at radius 2 is 1.58 bits per heavy atom. The highest BCUT2D eigenvalue weighted by atomic mass is 16.3. The van der Waals surface area contributed by atoms with Crippen molar-refractivity contribution in [2.45, 2.75) is 78.1 Å². The molecule has 0 saturated carbocycles. The minimum absolute atomic E-state index is 0.484. The fourth-order valence-electron chi connectivity index (χ4n) is 2.42. The maximum Gasteiger partial charge on any atom is 0.119 e. The standard InChI is InChI=1S/C18H30O/c1-4-5-6-7-8-9-10-11-16-12-13-17(15(2)3)14-18(16)19/h12-15,19H,4-11H2,1-3H3. The fraction of sp³-hybridized carbons (Fsp3) is 0.667. The molecule has 0 bridgehead atoms. The topological polar surface area (TPSA) is 20.2 Å². The molecule has 0 aliphatic carbocycles. The van der Waals surface area contributed by atoms with Gasteiger partial charge in [0.1, 0.15) is 5.75 Å². The number of aromatic hydroxyl groups is 1. The van der Waals surface area contributed by atoms with Crippen LogP contribution in [0, 0.1) is 0 Å². The molecule has 1 aromatic rings. The number of phenols is 1. The molecule has 0 saturated heterocycles. The number of rotatable bonds is 9. The van der Waals surface area contributed by atoms with Gasteiger partial charge in [-0.15, -0.1) is 0 Å². The van der Waals surface area contributed by atoms with Gasteiger partial charge in [0.25, 0.3) is 0 Å². The summed E-state index contributed by atoms with van der Waals surface area (Å²) in [5.41, 5.74) is 2.33. The van der Waals surface area contributed by atoms with Gasteiger partial charge in [-0.3, -0.25) is 0 Å². The zero-order valence-corrected chi connectivity index (χ0v) is 12.9. The minimum Gasteiger partial charge on any atom is -0.508 e. The van der Waals surface area contributed by atoms with Gasteiger partial charge in [0.05, 0.1) is 0 Å². The van der Waals surface area contributed by atoms with Gasteiger partial charge in [-0.2, -0.15) is 0 Å². The summed E-state index contributed by atoms with van der Waals surface area (Å²) in [6.07, 6.45) is 10.3. The van der Waals surface area contributed by atoms with Crippen LogP contribution in [0.5, 0.6) is 5.75 Å². The van der Waals surface area contributed by atoms with Gasteiger partial charge in [-0.1, -0.05) is 71.4 Å². The van der Waals surface area contributed by atoms with E-state index < -0.39 is 0 Å². The van der Waals surface area contributed by atoms with Crippen molar-refractivity contribution < 1.29 is 5.11 Å². The Hall–Kier alpha value is -0.980. The van der Waals surface area contributed by atoms with Crippen LogP contribution in [-0.2, 0) is 6.42 Å². The van der Waals surface area contributed by atoms with Crippen LogP contribution in [0.25, 0.3) is 0 Å². The molecule has 0 spiro atoms. The third-order valence-corrected chi connectivity index (χ3v) is 3.83. The van der Waals surface area contributed by atoms with E-state index in [0.29, 0.717) is 11.7 Å². The maximum atomic E-state index is 10.0. The van der Waals surface area contributed by atoms with Gasteiger partial charge in [0, 0.05) is 0 Å². The number of hydrogen-bond donors (Lipinski definition) is 1. The second-order valence-electron chi connectivity index (χ2n) is 5.91. The second kappa shape index (κ2) is 9.01. The molecule has 0 aliphatic heterocycles. The molecule has 0 heterocycles. The van der Waals surface area contributed by atoms with Crippen LogP contribution in [0.1, 0.15) is 82.8 Å². The summed E-state index contributed by atoms with van der Waals surface area (Å²) in [4.78, 5) is 0. The van der Waals surface area contributed by atoms with Crippen molar-refractivity contribution in [2.75, 3.05) is 0 Å². The highest BCUT2D eigenvalue weighted by Crippen LogP contribution is 2.25. The summed E-state index contributed by atoms with van der Waals surface area (Å²) >= 11 is 0. The van der Waals surface area contributed by atoms with Crippen LogP contribution >= 0.6 is 0 Å². The lowest BCUT2D eigenvalue weighted by Gasteiger charge is -2.09. The molecule has 0 amide bonds. The van der Waals surface area contributed by atoms with E-state index in [1.54, 1.807) is 0 Å². The summed E-state index contributed by atoms with van der Waals surface area (Å²) in [5.74, 6) is 0.968. The first-order chi connectivity index (χ1) is 9.15. The van der Waals surface area contributed by atoms with Crippen molar-refractivity contribution in [3.8, 4) is 5.75 Å². The predicted octanol–water partition coefficient (Wildman–Crippen LogP) is 5.81. The molecule has 108 valence electrons. The lowest BCUT2D eigenvalue weighted by atomic mass is 9.98. The van der Waals surface area contributed by atoms with Crippen molar-refractivity contribution in [1.29, 1.82) is 0 Å². The molecule has 1 heteroatoms. The maximum absolute atomic E-state index is 10.0. The zero-order valence-electron chi connectivity index (χ0n) is 12.9. The van der Waals surface area contributed by atoms with Crippen LogP contribution in [0.15, 0.2) is 18.2 Å². The molecule has 0 aliphatic rings. The number of hydrogen-bond acceptors (Lipinski definition) is 1. The van der Waals surface area contributed by atoms with E-state index in [9.17, 15) is 5.11 Å².